The Morgan fingerprint density at radius 1 is 1.28 bits per heavy atom. The lowest BCUT2D eigenvalue weighted by molar-refractivity contribution is -0.144. The number of amides is 2. The largest absolute Gasteiger partial charge is 0.481 e. The second kappa shape index (κ2) is 5.30. The molecule has 0 spiro atoms. The minimum atomic E-state index is -0.739. The predicted molar refractivity (Wildman–Crippen MR) is 67.2 cm³/mol. The highest BCUT2D eigenvalue weighted by Gasteiger charge is 2.38. The van der Waals surface area contributed by atoms with Gasteiger partial charge in [0.05, 0.1) is 11.2 Å². The number of carbonyl (C=O) groups excluding carboxylic acids is 2. The molecule has 2 aliphatic rings. The molecule has 6 heteroatoms. The Balaban J connectivity index is 1.87. The maximum absolute atomic E-state index is 11.7. The molecule has 0 bridgehead atoms. The van der Waals surface area contributed by atoms with Crippen molar-refractivity contribution < 1.29 is 19.5 Å². The highest BCUT2D eigenvalue weighted by molar-refractivity contribution is 7.81. The summed E-state index contributed by atoms with van der Waals surface area (Å²) in [4.78, 5) is 35.4. The first kappa shape index (κ1) is 13.4. The number of carboxylic acids is 1. The van der Waals surface area contributed by atoms with Crippen molar-refractivity contribution in [3.05, 3.63) is 0 Å². The summed E-state index contributed by atoms with van der Waals surface area (Å²) >= 11 is 4.08. The van der Waals surface area contributed by atoms with E-state index in [1.165, 1.54) is 4.90 Å². The third-order valence-corrected chi connectivity index (χ3v) is 4.26. The number of carbonyl (C=O) groups is 3. The average Bonchev–Trinajstić information content (AvgIpc) is 2.57. The summed E-state index contributed by atoms with van der Waals surface area (Å²) in [5.74, 6) is -1.11. The number of aliphatic carboxylic acids is 1. The molecule has 1 atom stereocenters. The van der Waals surface area contributed by atoms with Gasteiger partial charge in [0, 0.05) is 13.0 Å². The molecule has 0 aromatic heterocycles. The van der Waals surface area contributed by atoms with Crippen molar-refractivity contribution in [2.75, 3.05) is 6.54 Å². The number of nitrogens with zero attached hydrogens (tertiary/aromatic N) is 1. The van der Waals surface area contributed by atoms with Crippen molar-refractivity contribution in [2.45, 2.75) is 37.4 Å². The number of imide groups is 1. The molecule has 5 nitrogen and oxygen atoms in total. The summed E-state index contributed by atoms with van der Waals surface area (Å²) in [7, 11) is 0. The van der Waals surface area contributed by atoms with Crippen LogP contribution < -0.4 is 0 Å². The van der Waals surface area contributed by atoms with Crippen LogP contribution in [0.5, 0.6) is 0 Å². The summed E-state index contributed by atoms with van der Waals surface area (Å²) < 4.78 is 0. The molecule has 2 amide bonds. The fourth-order valence-electron chi connectivity index (χ4n) is 2.71. The highest BCUT2D eigenvalue weighted by Crippen LogP contribution is 2.31. The lowest BCUT2D eigenvalue weighted by atomic mass is 9.82. The van der Waals surface area contributed by atoms with Gasteiger partial charge in [0.2, 0.25) is 11.8 Å². The highest BCUT2D eigenvalue weighted by atomic mass is 32.1. The van der Waals surface area contributed by atoms with E-state index < -0.39 is 11.2 Å². The zero-order valence-electron chi connectivity index (χ0n) is 10.0. The zero-order chi connectivity index (χ0) is 13.3. The molecule has 0 aromatic rings. The van der Waals surface area contributed by atoms with E-state index in [0.29, 0.717) is 19.4 Å². The van der Waals surface area contributed by atoms with Crippen molar-refractivity contribution in [3.8, 4) is 0 Å². The fraction of sp³-hybridized carbons (Fsp3) is 0.750. The standard InChI is InChI=1S/C12H17NO4S/c14-10-5-9(18)11(15)13(10)6-7-1-3-8(4-2-7)12(16)17/h7-9,18H,1-6H2,(H,16,17). The number of hydrogen-bond donors (Lipinski definition) is 2. The molecule has 100 valence electrons. The first-order chi connectivity index (χ1) is 8.49. The molecule has 1 saturated heterocycles. The van der Waals surface area contributed by atoms with E-state index in [1.807, 2.05) is 0 Å². The molecule has 1 N–H and O–H groups in total. The lowest BCUT2D eigenvalue weighted by Crippen LogP contribution is -2.37. The Morgan fingerprint density at radius 3 is 2.33 bits per heavy atom. The Labute approximate surface area is 111 Å². The number of hydrogen-bond acceptors (Lipinski definition) is 4. The molecular weight excluding hydrogens is 254 g/mol. The molecule has 0 aromatic carbocycles. The van der Waals surface area contributed by atoms with Crippen LogP contribution in [0.4, 0.5) is 0 Å². The molecule has 2 rings (SSSR count). The van der Waals surface area contributed by atoms with Crippen molar-refractivity contribution in [3.63, 3.8) is 0 Å². The summed E-state index contributed by atoms with van der Waals surface area (Å²) in [6.45, 7) is 0.432. The smallest absolute Gasteiger partial charge is 0.306 e. The molecule has 1 saturated carbocycles. The van der Waals surface area contributed by atoms with Gasteiger partial charge in [0.25, 0.3) is 0 Å². The summed E-state index contributed by atoms with van der Waals surface area (Å²) in [5, 5.41) is 8.41. The van der Waals surface area contributed by atoms with Gasteiger partial charge in [-0.15, -0.1) is 0 Å². The lowest BCUT2D eigenvalue weighted by Gasteiger charge is -2.28. The van der Waals surface area contributed by atoms with E-state index in [2.05, 4.69) is 12.6 Å². The van der Waals surface area contributed by atoms with E-state index in [4.69, 9.17) is 5.11 Å². The van der Waals surface area contributed by atoms with Crippen LogP contribution in [0.3, 0.4) is 0 Å². The third-order valence-electron chi connectivity index (χ3n) is 3.86. The van der Waals surface area contributed by atoms with Crippen LogP contribution in [-0.2, 0) is 14.4 Å². The molecule has 1 aliphatic carbocycles. The van der Waals surface area contributed by atoms with Gasteiger partial charge in [-0.1, -0.05) is 0 Å². The summed E-state index contributed by atoms with van der Waals surface area (Å²) in [6.07, 6.45) is 3.00. The predicted octanol–water partition coefficient (Wildman–Crippen LogP) is 0.935. The van der Waals surface area contributed by atoms with Gasteiger partial charge in [0.15, 0.2) is 0 Å². The van der Waals surface area contributed by atoms with Gasteiger partial charge in [-0.2, -0.15) is 12.6 Å². The second-order valence-corrected chi connectivity index (χ2v) is 5.74. The van der Waals surface area contributed by atoms with E-state index in [0.717, 1.165) is 12.8 Å². The Hall–Kier alpha value is -1.04. The van der Waals surface area contributed by atoms with E-state index >= 15 is 0 Å². The average molecular weight is 271 g/mol. The summed E-state index contributed by atoms with van der Waals surface area (Å²) in [6, 6.07) is 0. The topological polar surface area (TPSA) is 74.7 Å². The maximum Gasteiger partial charge on any atom is 0.306 e. The van der Waals surface area contributed by atoms with Crippen LogP contribution in [0.1, 0.15) is 32.1 Å². The molecular formula is C12H17NO4S. The minimum Gasteiger partial charge on any atom is -0.481 e. The first-order valence-corrected chi connectivity index (χ1v) is 6.75. The van der Waals surface area contributed by atoms with E-state index in [9.17, 15) is 14.4 Å². The molecule has 1 aliphatic heterocycles. The Morgan fingerprint density at radius 2 is 1.89 bits per heavy atom. The van der Waals surface area contributed by atoms with Crippen LogP contribution in [0, 0.1) is 11.8 Å². The molecule has 0 radical (unpaired) electrons. The minimum absolute atomic E-state index is 0.152. The van der Waals surface area contributed by atoms with Gasteiger partial charge in [-0.05, 0) is 31.6 Å². The Kier molecular flexibility index (Phi) is 3.94. The quantitative estimate of drug-likeness (QED) is 0.591. The fourth-order valence-corrected chi connectivity index (χ4v) is 3.00. The molecule has 2 fully saturated rings. The van der Waals surface area contributed by atoms with Crippen molar-refractivity contribution in [1.82, 2.24) is 4.90 Å². The second-order valence-electron chi connectivity index (χ2n) is 5.12. The number of likely N-dealkylation sites (tertiary alicyclic amines) is 1. The van der Waals surface area contributed by atoms with E-state index in [1.54, 1.807) is 0 Å². The van der Waals surface area contributed by atoms with E-state index in [-0.39, 0.29) is 30.1 Å². The summed E-state index contributed by atoms with van der Waals surface area (Å²) in [5.41, 5.74) is 0. The molecule has 18 heavy (non-hydrogen) atoms. The normalized spacial score (nSPS) is 32.9. The first-order valence-electron chi connectivity index (χ1n) is 6.24. The van der Waals surface area contributed by atoms with Gasteiger partial charge in [0.1, 0.15) is 0 Å². The maximum atomic E-state index is 11.7. The van der Waals surface area contributed by atoms with Crippen molar-refractivity contribution >= 4 is 30.4 Å². The monoisotopic (exact) mass is 271 g/mol. The van der Waals surface area contributed by atoms with Crippen LogP contribution in [0.2, 0.25) is 0 Å². The Bertz CT molecular complexity index is 376. The number of carboxylic acid groups (broad SMARTS) is 1. The SMILES string of the molecule is O=C(O)C1CCC(CN2C(=O)CC(S)C2=O)CC1. The van der Waals surface area contributed by atoms with Gasteiger partial charge in [-0.25, -0.2) is 0 Å². The zero-order valence-corrected chi connectivity index (χ0v) is 10.9. The van der Waals surface area contributed by atoms with Crippen LogP contribution in [0.25, 0.3) is 0 Å². The van der Waals surface area contributed by atoms with Gasteiger partial charge >= 0.3 is 5.97 Å². The van der Waals surface area contributed by atoms with Crippen molar-refractivity contribution in [1.29, 1.82) is 0 Å². The van der Waals surface area contributed by atoms with Crippen LogP contribution in [0.15, 0.2) is 0 Å². The molecule has 1 unspecified atom stereocenters. The third kappa shape index (κ3) is 2.68. The number of thiol groups is 1. The van der Waals surface area contributed by atoms with Crippen molar-refractivity contribution in [2.24, 2.45) is 11.8 Å². The molecule has 1 heterocycles. The van der Waals surface area contributed by atoms with Gasteiger partial charge in [-0.3, -0.25) is 19.3 Å². The van der Waals surface area contributed by atoms with Crippen LogP contribution >= 0.6 is 12.6 Å². The van der Waals surface area contributed by atoms with Gasteiger partial charge < -0.3 is 5.11 Å². The number of rotatable bonds is 3. The van der Waals surface area contributed by atoms with Crippen LogP contribution in [-0.4, -0.2) is 39.6 Å².